The van der Waals surface area contributed by atoms with Crippen molar-refractivity contribution in [2.24, 2.45) is 32.7 Å². The van der Waals surface area contributed by atoms with Gasteiger partial charge in [0.2, 0.25) is 18.2 Å². The van der Waals surface area contributed by atoms with Gasteiger partial charge in [-0.15, -0.1) is 0 Å². The summed E-state index contributed by atoms with van der Waals surface area (Å²) in [6.45, 7) is 6.18. The zero-order chi connectivity index (χ0) is 34.6. The molecule has 0 bridgehead atoms. The van der Waals surface area contributed by atoms with Gasteiger partial charge in [-0.05, 0) is 114 Å². The predicted molar refractivity (Wildman–Crippen MR) is 183 cm³/mol. The van der Waals surface area contributed by atoms with Gasteiger partial charge in [0, 0.05) is 18.1 Å². The summed E-state index contributed by atoms with van der Waals surface area (Å²) in [5, 5.41) is 0. The highest BCUT2D eigenvalue weighted by atomic mass is 16.2. The first-order chi connectivity index (χ1) is 23.3. The van der Waals surface area contributed by atoms with Crippen molar-refractivity contribution < 1.29 is 14.4 Å². The van der Waals surface area contributed by atoms with Crippen LogP contribution in [0.25, 0.3) is 0 Å². The topological polar surface area (TPSA) is 154 Å². The number of rotatable bonds is 15. The molecule has 3 aliphatic carbocycles. The molecule has 3 aliphatic rings. The maximum Gasteiger partial charge on any atom is 0.336 e. The number of aliphatic imine (C=N–C) groups is 3. The van der Waals surface area contributed by atoms with Crippen molar-refractivity contribution in [2.45, 2.75) is 173 Å². The van der Waals surface area contributed by atoms with Crippen molar-refractivity contribution in [1.82, 2.24) is 13.7 Å². The van der Waals surface area contributed by atoms with Crippen molar-refractivity contribution in [2.75, 3.05) is 0 Å². The van der Waals surface area contributed by atoms with Crippen LogP contribution in [0.5, 0.6) is 0 Å². The summed E-state index contributed by atoms with van der Waals surface area (Å²) < 4.78 is 4.09. The Balaban J connectivity index is 1.68. The van der Waals surface area contributed by atoms with Gasteiger partial charge in [-0.1, -0.05) is 40.0 Å². The highest BCUT2D eigenvalue weighted by Crippen LogP contribution is 2.38. The molecule has 1 heterocycles. The van der Waals surface area contributed by atoms with E-state index in [1.807, 2.05) is 0 Å². The number of aromatic nitrogens is 3. The normalized spacial score (nSPS) is 27.8. The number of hydrogen-bond donors (Lipinski definition) is 0. The van der Waals surface area contributed by atoms with Gasteiger partial charge in [-0.3, -0.25) is 0 Å². The highest BCUT2D eigenvalue weighted by molar-refractivity contribution is 5.34. The molecule has 0 radical (unpaired) electrons. The average molecular weight is 667 g/mol. The van der Waals surface area contributed by atoms with E-state index in [9.17, 15) is 28.8 Å². The average Bonchev–Trinajstić information content (AvgIpc) is 3.09. The van der Waals surface area contributed by atoms with Crippen LogP contribution in [-0.2, 0) is 14.4 Å². The predicted octanol–water partition coefficient (Wildman–Crippen LogP) is 5.88. The minimum absolute atomic E-state index is 0.110. The Morgan fingerprint density at radius 2 is 0.708 bits per heavy atom. The molecule has 1 aromatic heterocycles. The lowest BCUT2D eigenvalue weighted by Crippen LogP contribution is -2.58. The Hall–Kier alpha value is -3.45. The van der Waals surface area contributed by atoms with Crippen molar-refractivity contribution in [3.05, 3.63) is 31.5 Å². The third kappa shape index (κ3) is 8.58. The zero-order valence-electron chi connectivity index (χ0n) is 29.1. The van der Waals surface area contributed by atoms with E-state index < -0.39 is 17.1 Å². The van der Waals surface area contributed by atoms with Gasteiger partial charge in [-0.25, -0.2) is 57.4 Å². The largest absolute Gasteiger partial charge is 0.336 e. The first kappa shape index (κ1) is 37.4. The van der Waals surface area contributed by atoms with Crippen LogP contribution in [0.15, 0.2) is 29.4 Å². The summed E-state index contributed by atoms with van der Waals surface area (Å²) in [5.74, 6) is 0.562. The molecule has 3 unspecified atom stereocenters. The van der Waals surface area contributed by atoms with Crippen LogP contribution in [-0.4, -0.2) is 50.1 Å². The second-order valence-electron chi connectivity index (χ2n) is 14.4. The van der Waals surface area contributed by atoms with E-state index in [-0.39, 0.29) is 54.0 Å². The molecule has 264 valence electrons. The fraction of sp³-hybridized carbons (Fsp3) is 0.833. The molecule has 12 heteroatoms. The SMILES string of the molecule is CCCC(N=C=O)C1CCC(n2c(=O)n(C3CCC(C(CCC)N=C=O)CC3)c(=O)n(C3CCC(C(CCC)N=C=O)CC3)c2=O)CC1. The summed E-state index contributed by atoms with van der Waals surface area (Å²) in [4.78, 5) is 88.4. The maximum atomic E-state index is 14.3. The number of carbonyl (C=O) groups excluding carboxylic acids is 3. The van der Waals surface area contributed by atoms with Gasteiger partial charge in [0.1, 0.15) is 0 Å². The minimum atomic E-state index is -0.530. The van der Waals surface area contributed by atoms with Crippen LogP contribution in [0.2, 0.25) is 0 Å². The smallest absolute Gasteiger partial charge is 0.247 e. The summed E-state index contributed by atoms with van der Waals surface area (Å²) in [6, 6.07) is -1.37. The lowest BCUT2D eigenvalue weighted by Gasteiger charge is -2.36. The summed E-state index contributed by atoms with van der Waals surface area (Å²) >= 11 is 0. The fourth-order valence-corrected chi connectivity index (χ4v) is 9.07. The molecule has 0 saturated heterocycles. The van der Waals surface area contributed by atoms with E-state index in [0.717, 1.165) is 77.0 Å². The molecule has 0 aliphatic heterocycles. The molecule has 3 fully saturated rings. The lowest BCUT2D eigenvalue weighted by atomic mass is 9.80. The molecule has 1 aromatic rings. The lowest BCUT2D eigenvalue weighted by molar-refractivity contribution is 0.186. The second kappa shape index (κ2) is 18.4. The van der Waals surface area contributed by atoms with Crippen molar-refractivity contribution in [3.63, 3.8) is 0 Å². The minimum Gasteiger partial charge on any atom is -0.247 e. The molecule has 0 aromatic carbocycles. The van der Waals surface area contributed by atoms with E-state index in [1.54, 1.807) is 18.2 Å². The van der Waals surface area contributed by atoms with E-state index in [0.29, 0.717) is 38.5 Å². The van der Waals surface area contributed by atoms with E-state index in [4.69, 9.17) is 0 Å². The van der Waals surface area contributed by atoms with Gasteiger partial charge >= 0.3 is 17.1 Å². The molecule has 0 spiro atoms. The molecular formula is C36H54N6O6. The van der Waals surface area contributed by atoms with Gasteiger partial charge in [-0.2, -0.15) is 0 Å². The summed E-state index contributed by atoms with van der Waals surface area (Å²) in [6.07, 6.45) is 18.2. The number of hydrogen-bond acceptors (Lipinski definition) is 9. The van der Waals surface area contributed by atoms with Gasteiger partial charge in [0.15, 0.2) is 0 Å². The van der Waals surface area contributed by atoms with E-state index in [1.165, 1.54) is 13.7 Å². The summed E-state index contributed by atoms with van der Waals surface area (Å²) in [7, 11) is 0. The van der Waals surface area contributed by atoms with Crippen LogP contribution >= 0.6 is 0 Å². The highest BCUT2D eigenvalue weighted by Gasteiger charge is 2.36. The van der Waals surface area contributed by atoms with E-state index >= 15 is 0 Å². The molecule has 48 heavy (non-hydrogen) atoms. The van der Waals surface area contributed by atoms with Crippen molar-refractivity contribution >= 4 is 18.2 Å². The molecular weight excluding hydrogens is 612 g/mol. The Morgan fingerprint density at radius 1 is 0.479 bits per heavy atom. The Labute approximate surface area is 282 Å². The van der Waals surface area contributed by atoms with Gasteiger partial charge in [0.05, 0.1) is 18.1 Å². The molecule has 0 N–H and O–H groups in total. The first-order valence-corrected chi connectivity index (χ1v) is 18.5. The maximum absolute atomic E-state index is 14.3. The van der Waals surface area contributed by atoms with Gasteiger partial charge in [0.25, 0.3) is 0 Å². The third-order valence-electron chi connectivity index (χ3n) is 11.6. The molecule has 3 atom stereocenters. The number of nitrogens with zero attached hydrogens (tertiary/aromatic N) is 6. The van der Waals surface area contributed by atoms with Gasteiger partial charge < -0.3 is 0 Å². The summed E-state index contributed by atoms with van der Waals surface area (Å²) in [5.41, 5.74) is -1.59. The standard InChI is InChI=1S/C36H54N6O6/c1-4-7-31(37-22-43)25-10-16-28(17-11-25)40-34(46)41(29-18-12-26(13-19-29)32(8-5-2)38-23-44)36(48)42(35(40)47)30-20-14-27(15-21-30)33(9-6-3)39-24-45/h25-33H,4-21H2,1-3H3. The van der Waals surface area contributed by atoms with Crippen LogP contribution in [0.3, 0.4) is 0 Å². The first-order valence-electron chi connectivity index (χ1n) is 18.5. The van der Waals surface area contributed by atoms with E-state index in [2.05, 4.69) is 35.7 Å². The fourth-order valence-electron chi connectivity index (χ4n) is 9.07. The molecule has 4 rings (SSSR count). The monoisotopic (exact) mass is 666 g/mol. The van der Waals surface area contributed by atoms with Crippen LogP contribution < -0.4 is 17.1 Å². The Kier molecular flexibility index (Phi) is 14.3. The molecule has 0 amide bonds. The second-order valence-corrected chi connectivity index (χ2v) is 14.4. The van der Waals surface area contributed by atoms with Crippen LogP contribution in [0.1, 0.15) is 154 Å². The Bertz CT molecular complexity index is 1310. The third-order valence-corrected chi connectivity index (χ3v) is 11.6. The number of isocyanates is 3. The van der Waals surface area contributed by atoms with Crippen LogP contribution in [0.4, 0.5) is 0 Å². The quantitative estimate of drug-likeness (QED) is 0.168. The molecule has 12 nitrogen and oxygen atoms in total. The Morgan fingerprint density at radius 3 is 0.896 bits per heavy atom. The zero-order valence-corrected chi connectivity index (χ0v) is 29.1. The van der Waals surface area contributed by atoms with Crippen molar-refractivity contribution in [3.8, 4) is 0 Å². The van der Waals surface area contributed by atoms with Crippen molar-refractivity contribution in [1.29, 1.82) is 0 Å². The molecule has 3 saturated carbocycles. The van der Waals surface area contributed by atoms with Crippen LogP contribution in [0, 0.1) is 17.8 Å².